The summed E-state index contributed by atoms with van der Waals surface area (Å²) in [5.41, 5.74) is 0.904. The lowest BCUT2D eigenvalue weighted by atomic mass is 9.72. The van der Waals surface area contributed by atoms with Crippen LogP contribution in [0.4, 0.5) is 0 Å². The minimum absolute atomic E-state index is 0.117. The monoisotopic (exact) mass is 557 g/mol. The second-order valence-electron chi connectivity index (χ2n) is 11.3. The first-order valence-electron chi connectivity index (χ1n) is 13.8. The van der Waals surface area contributed by atoms with Gasteiger partial charge in [0.15, 0.2) is 0 Å². The first kappa shape index (κ1) is 27.5. The summed E-state index contributed by atoms with van der Waals surface area (Å²) in [6, 6.07) is 3.57. The largest absolute Gasteiger partial charge is 0.495 e. The molecule has 2 N–H and O–H groups in total. The molecule has 1 aliphatic heterocycles. The normalized spacial score (nSPS) is 23.3. The topological polar surface area (TPSA) is 118 Å². The number of fused-ring (bicyclic) bond motifs is 1. The summed E-state index contributed by atoms with van der Waals surface area (Å²) in [5, 5.41) is 3.93. The summed E-state index contributed by atoms with van der Waals surface area (Å²) in [5.74, 6) is -0.895. The number of carbonyl (C=O) groups excluding carboxylic acids is 4. The van der Waals surface area contributed by atoms with Gasteiger partial charge in [-0.2, -0.15) is 0 Å². The Balaban J connectivity index is 1.41. The molecule has 2 amide bonds. The number of ketones is 1. The van der Waals surface area contributed by atoms with Crippen molar-refractivity contribution in [3.05, 3.63) is 28.9 Å². The third-order valence-electron chi connectivity index (χ3n) is 8.89. The fraction of sp³-hybridized carbons (Fsp3) is 0.586. The van der Waals surface area contributed by atoms with Crippen LogP contribution < -0.4 is 10.1 Å². The van der Waals surface area contributed by atoms with Gasteiger partial charge in [-0.15, -0.1) is 0 Å². The molecule has 10 heteroatoms. The van der Waals surface area contributed by atoms with Gasteiger partial charge in [-0.05, 0) is 62.1 Å². The number of amides is 2. The Bertz CT molecular complexity index is 1280. The Morgan fingerprint density at radius 2 is 1.95 bits per heavy atom. The lowest BCUT2D eigenvalue weighted by Gasteiger charge is -2.32. The Labute approximate surface area is 232 Å². The maximum Gasteiger partial charge on any atom is 0.328 e. The summed E-state index contributed by atoms with van der Waals surface area (Å²) in [6.07, 6.45) is 7.92. The van der Waals surface area contributed by atoms with E-state index in [4.69, 9.17) is 21.1 Å². The number of aromatic nitrogens is 1. The fourth-order valence-electron chi connectivity index (χ4n) is 6.79. The summed E-state index contributed by atoms with van der Waals surface area (Å²) in [4.78, 5) is 57.4. The van der Waals surface area contributed by atoms with Gasteiger partial charge >= 0.3 is 5.97 Å². The predicted octanol–water partition coefficient (Wildman–Crippen LogP) is 4.41. The molecule has 210 valence electrons. The van der Waals surface area contributed by atoms with Crippen LogP contribution in [0.25, 0.3) is 10.9 Å². The van der Waals surface area contributed by atoms with Crippen LogP contribution in [0.1, 0.15) is 74.7 Å². The van der Waals surface area contributed by atoms with Gasteiger partial charge in [-0.3, -0.25) is 14.4 Å². The quantitative estimate of drug-likeness (QED) is 0.487. The molecule has 39 heavy (non-hydrogen) atoms. The van der Waals surface area contributed by atoms with E-state index < -0.39 is 18.1 Å². The molecule has 1 saturated heterocycles. The maximum atomic E-state index is 13.9. The molecule has 3 aliphatic rings. The first-order valence-corrected chi connectivity index (χ1v) is 14.2. The third kappa shape index (κ3) is 5.38. The van der Waals surface area contributed by atoms with Crippen LogP contribution in [0, 0.1) is 11.3 Å². The number of aromatic amines is 1. The molecule has 1 aromatic heterocycles. The molecular weight excluding hydrogens is 522 g/mol. The summed E-state index contributed by atoms with van der Waals surface area (Å²) in [7, 11) is 2.81. The zero-order valence-corrected chi connectivity index (χ0v) is 23.3. The van der Waals surface area contributed by atoms with Crippen molar-refractivity contribution in [3.63, 3.8) is 0 Å². The Morgan fingerprint density at radius 1 is 1.18 bits per heavy atom. The van der Waals surface area contributed by atoms with E-state index in [1.165, 1.54) is 14.2 Å². The van der Waals surface area contributed by atoms with Crippen molar-refractivity contribution in [2.45, 2.75) is 76.3 Å². The van der Waals surface area contributed by atoms with Crippen molar-refractivity contribution in [1.29, 1.82) is 0 Å². The van der Waals surface area contributed by atoms with Crippen molar-refractivity contribution in [1.82, 2.24) is 15.2 Å². The number of rotatable bonds is 7. The zero-order chi connectivity index (χ0) is 27.7. The number of hydrogen-bond acceptors (Lipinski definition) is 6. The van der Waals surface area contributed by atoms with Gasteiger partial charge in [0, 0.05) is 29.8 Å². The standard InChI is InChI=1S/C29H36ClN3O6/c1-38-24-10-9-19-18(25(24)30)14-20(31-19)27(36)33-16-29(11-4-3-5-12-29)15-22(33)26(35)32-21(28(37)39-2)13-17-7-6-8-23(17)34/h9-10,14,17,21-22,31H,3-8,11-13,15-16H2,1-2H3,(H,32,35)/t17-,21-,22?/m0/s1. The number of benzene rings is 1. The average molecular weight is 558 g/mol. The number of methoxy groups -OCH3 is 2. The van der Waals surface area contributed by atoms with E-state index in [0.717, 1.165) is 38.5 Å². The van der Waals surface area contributed by atoms with Gasteiger partial charge < -0.3 is 24.7 Å². The smallest absolute Gasteiger partial charge is 0.328 e. The van der Waals surface area contributed by atoms with Gasteiger partial charge in [-0.1, -0.05) is 30.9 Å². The van der Waals surface area contributed by atoms with Crippen molar-refractivity contribution >= 4 is 46.1 Å². The second kappa shape index (κ2) is 11.2. The molecule has 1 aromatic carbocycles. The van der Waals surface area contributed by atoms with Crippen molar-refractivity contribution in [3.8, 4) is 5.75 Å². The number of nitrogens with zero attached hydrogens (tertiary/aromatic N) is 1. The van der Waals surface area contributed by atoms with E-state index >= 15 is 0 Å². The molecule has 5 rings (SSSR count). The molecule has 0 radical (unpaired) electrons. The Kier molecular flexibility index (Phi) is 7.89. The lowest BCUT2D eigenvalue weighted by molar-refractivity contribution is -0.146. The average Bonchev–Trinajstić information content (AvgIpc) is 3.66. The zero-order valence-electron chi connectivity index (χ0n) is 22.5. The molecule has 1 spiro atoms. The maximum absolute atomic E-state index is 13.9. The number of nitrogens with one attached hydrogen (secondary N) is 2. The van der Waals surface area contributed by atoms with E-state index in [1.54, 1.807) is 23.1 Å². The third-order valence-corrected chi connectivity index (χ3v) is 9.28. The van der Waals surface area contributed by atoms with Crippen LogP contribution in [0.5, 0.6) is 5.75 Å². The number of H-pyrrole nitrogens is 1. The van der Waals surface area contributed by atoms with Crippen LogP contribution >= 0.6 is 11.6 Å². The molecule has 3 atom stereocenters. The summed E-state index contributed by atoms with van der Waals surface area (Å²) < 4.78 is 10.3. The van der Waals surface area contributed by atoms with Crippen molar-refractivity contribution in [2.75, 3.05) is 20.8 Å². The SMILES string of the molecule is COC(=O)[C@H](C[C@@H]1CCCC1=O)NC(=O)C1CC2(CCCCC2)CN1C(=O)c1cc2c(Cl)c(OC)ccc2[nH]1. The van der Waals surface area contributed by atoms with Gasteiger partial charge in [0.25, 0.3) is 5.91 Å². The Hall–Kier alpha value is -3.07. The van der Waals surface area contributed by atoms with Gasteiger partial charge in [-0.25, -0.2) is 4.79 Å². The van der Waals surface area contributed by atoms with E-state index in [0.29, 0.717) is 53.2 Å². The highest BCUT2D eigenvalue weighted by molar-refractivity contribution is 6.37. The van der Waals surface area contributed by atoms with Gasteiger partial charge in [0.2, 0.25) is 5.91 Å². The number of ether oxygens (including phenoxy) is 2. The van der Waals surface area contributed by atoms with Crippen LogP contribution in [-0.2, 0) is 19.1 Å². The summed E-state index contributed by atoms with van der Waals surface area (Å²) in [6.45, 7) is 0.473. The molecule has 0 bridgehead atoms. The Morgan fingerprint density at radius 3 is 2.62 bits per heavy atom. The molecule has 2 heterocycles. The van der Waals surface area contributed by atoms with E-state index in [9.17, 15) is 19.2 Å². The van der Waals surface area contributed by atoms with Gasteiger partial charge in [0.1, 0.15) is 29.3 Å². The van der Waals surface area contributed by atoms with Crippen molar-refractivity contribution < 1.29 is 28.7 Å². The van der Waals surface area contributed by atoms with Crippen molar-refractivity contribution in [2.24, 2.45) is 11.3 Å². The predicted molar refractivity (Wildman–Crippen MR) is 146 cm³/mol. The number of halogens is 1. The fourth-order valence-corrected chi connectivity index (χ4v) is 7.09. The van der Waals surface area contributed by atoms with Crippen LogP contribution in [-0.4, -0.2) is 66.3 Å². The highest BCUT2D eigenvalue weighted by Gasteiger charge is 2.49. The first-order chi connectivity index (χ1) is 18.7. The van der Waals surface area contributed by atoms with Crippen LogP contribution in [0.3, 0.4) is 0 Å². The lowest BCUT2D eigenvalue weighted by Crippen LogP contribution is -2.51. The van der Waals surface area contributed by atoms with E-state index in [-0.39, 0.29) is 35.4 Å². The highest BCUT2D eigenvalue weighted by Crippen LogP contribution is 2.47. The minimum Gasteiger partial charge on any atom is -0.495 e. The molecule has 3 fully saturated rings. The molecule has 2 aromatic rings. The number of esters is 1. The van der Waals surface area contributed by atoms with Crippen LogP contribution in [0.15, 0.2) is 18.2 Å². The molecule has 1 unspecified atom stereocenters. The molecule has 2 aliphatic carbocycles. The van der Waals surface area contributed by atoms with E-state index in [1.807, 2.05) is 0 Å². The molecule has 2 saturated carbocycles. The number of hydrogen-bond donors (Lipinski definition) is 2. The second-order valence-corrected chi connectivity index (χ2v) is 11.7. The highest BCUT2D eigenvalue weighted by atomic mass is 35.5. The minimum atomic E-state index is -0.936. The van der Waals surface area contributed by atoms with Gasteiger partial charge in [0.05, 0.1) is 19.2 Å². The van der Waals surface area contributed by atoms with E-state index in [2.05, 4.69) is 10.3 Å². The van der Waals surface area contributed by atoms with Crippen LogP contribution in [0.2, 0.25) is 5.02 Å². The number of Topliss-reactive ketones (excluding diaryl/α,β-unsaturated/α-hetero) is 1. The summed E-state index contributed by atoms with van der Waals surface area (Å²) >= 11 is 6.49. The number of likely N-dealkylation sites (tertiary alicyclic amines) is 1. The molecule has 9 nitrogen and oxygen atoms in total. The number of carbonyl (C=O) groups is 4. The molecular formula is C29H36ClN3O6.